The second-order valence-electron chi connectivity index (χ2n) is 4.70. The zero-order valence-electron chi connectivity index (χ0n) is 10.3. The highest BCUT2D eigenvalue weighted by Gasteiger charge is 2.25. The summed E-state index contributed by atoms with van der Waals surface area (Å²) < 4.78 is 32.4. The summed E-state index contributed by atoms with van der Waals surface area (Å²) in [6, 6.07) is 2.50. The van der Waals surface area contributed by atoms with Crippen LogP contribution in [0.1, 0.15) is 25.2 Å². The Morgan fingerprint density at radius 1 is 1.28 bits per heavy atom. The Bertz CT molecular complexity index is 587. The Morgan fingerprint density at radius 3 is 2.50 bits per heavy atom. The van der Waals surface area contributed by atoms with Crippen LogP contribution >= 0.6 is 0 Å². The first-order valence-corrected chi connectivity index (χ1v) is 5.38. The topological polar surface area (TPSA) is 64.9 Å². The van der Waals surface area contributed by atoms with E-state index in [1.807, 2.05) is 0 Å². The van der Waals surface area contributed by atoms with Crippen LogP contribution in [0.25, 0.3) is 11.5 Å². The number of hydrogen-bond acceptors (Lipinski definition) is 4. The summed E-state index contributed by atoms with van der Waals surface area (Å²) >= 11 is 0. The summed E-state index contributed by atoms with van der Waals surface area (Å²) in [4.78, 5) is 3.93. The van der Waals surface area contributed by atoms with Crippen molar-refractivity contribution >= 4 is 0 Å². The van der Waals surface area contributed by atoms with Crippen molar-refractivity contribution in [2.75, 3.05) is 0 Å². The third-order valence-corrected chi connectivity index (χ3v) is 2.50. The maximum Gasteiger partial charge on any atom is 0.263 e. The predicted octanol–water partition coefficient (Wildman–Crippen LogP) is 2.52. The first-order chi connectivity index (χ1) is 8.30. The Kier molecular flexibility index (Phi) is 2.90. The fourth-order valence-electron chi connectivity index (χ4n) is 1.44. The van der Waals surface area contributed by atoms with Gasteiger partial charge in [0.15, 0.2) is 5.82 Å². The summed E-state index contributed by atoms with van der Waals surface area (Å²) in [5.41, 5.74) is 4.93. The molecule has 0 spiro atoms. The summed E-state index contributed by atoms with van der Waals surface area (Å²) in [5, 5.41) is 3.63. The number of nitrogens with two attached hydrogens (primary N) is 1. The van der Waals surface area contributed by atoms with Crippen LogP contribution in [0.2, 0.25) is 0 Å². The van der Waals surface area contributed by atoms with Crippen LogP contribution in [0.4, 0.5) is 8.78 Å². The molecular weight excluding hydrogens is 240 g/mol. The van der Waals surface area contributed by atoms with Gasteiger partial charge in [0.1, 0.15) is 17.2 Å². The van der Waals surface area contributed by atoms with E-state index in [0.29, 0.717) is 5.56 Å². The van der Waals surface area contributed by atoms with E-state index in [0.717, 1.165) is 6.07 Å². The van der Waals surface area contributed by atoms with Gasteiger partial charge < -0.3 is 10.3 Å². The van der Waals surface area contributed by atoms with Crippen molar-refractivity contribution in [3.8, 4) is 11.5 Å². The number of halogens is 2. The smallest absolute Gasteiger partial charge is 0.263 e. The van der Waals surface area contributed by atoms with Crippen molar-refractivity contribution in [2.24, 2.45) is 5.73 Å². The lowest BCUT2D eigenvalue weighted by atomic mass is 10.1. The molecule has 0 atom stereocenters. The molecule has 96 valence electrons. The van der Waals surface area contributed by atoms with Crippen LogP contribution in [0.15, 0.2) is 16.7 Å². The standard InChI is InChI=1S/C12H13F2N3O/c1-6-4-5-7(13)8(9(6)14)10-16-11(17-18-10)12(2,3)15/h4-5H,15H2,1-3H3. The third-order valence-electron chi connectivity index (χ3n) is 2.50. The molecule has 2 aromatic rings. The van der Waals surface area contributed by atoms with E-state index in [2.05, 4.69) is 10.1 Å². The van der Waals surface area contributed by atoms with Crippen LogP contribution in [0.3, 0.4) is 0 Å². The maximum absolute atomic E-state index is 13.9. The average Bonchev–Trinajstić information content (AvgIpc) is 2.73. The number of aryl methyl sites for hydroxylation is 1. The minimum absolute atomic E-state index is 0.192. The van der Waals surface area contributed by atoms with Crippen molar-refractivity contribution in [3.63, 3.8) is 0 Å². The van der Waals surface area contributed by atoms with Crippen LogP contribution in [-0.2, 0) is 5.54 Å². The average molecular weight is 253 g/mol. The van der Waals surface area contributed by atoms with E-state index in [1.54, 1.807) is 13.8 Å². The molecule has 1 aromatic heterocycles. The van der Waals surface area contributed by atoms with Gasteiger partial charge in [0.05, 0.1) is 5.54 Å². The fraction of sp³-hybridized carbons (Fsp3) is 0.333. The van der Waals surface area contributed by atoms with Crippen molar-refractivity contribution in [1.29, 1.82) is 0 Å². The monoisotopic (exact) mass is 253 g/mol. The highest BCUT2D eigenvalue weighted by atomic mass is 19.1. The number of aromatic nitrogens is 2. The molecule has 0 bridgehead atoms. The Labute approximate surface area is 103 Å². The van der Waals surface area contributed by atoms with Gasteiger partial charge in [0.25, 0.3) is 5.89 Å². The summed E-state index contributed by atoms with van der Waals surface area (Å²) in [6.07, 6.45) is 0. The van der Waals surface area contributed by atoms with Gasteiger partial charge in [0.2, 0.25) is 0 Å². The quantitative estimate of drug-likeness (QED) is 0.893. The van der Waals surface area contributed by atoms with Crippen LogP contribution < -0.4 is 5.73 Å². The summed E-state index contributed by atoms with van der Waals surface area (Å²) in [7, 11) is 0. The maximum atomic E-state index is 13.9. The number of hydrogen-bond donors (Lipinski definition) is 1. The molecule has 0 fully saturated rings. The van der Waals surface area contributed by atoms with Gasteiger partial charge in [-0.15, -0.1) is 0 Å². The molecule has 2 rings (SSSR count). The van der Waals surface area contributed by atoms with Gasteiger partial charge in [-0.2, -0.15) is 4.98 Å². The Morgan fingerprint density at radius 2 is 1.94 bits per heavy atom. The van der Waals surface area contributed by atoms with Crippen LogP contribution in [0.5, 0.6) is 0 Å². The highest BCUT2D eigenvalue weighted by Crippen LogP contribution is 2.27. The molecule has 0 aliphatic heterocycles. The molecule has 0 aliphatic carbocycles. The molecule has 1 aromatic carbocycles. The lowest BCUT2D eigenvalue weighted by Crippen LogP contribution is -2.30. The predicted molar refractivity (Wildman–Crippen MR) is 61.6 cm³/mol. The van der Waals surface area contributed by atoms with Gasteiger partial charge in [-0.05, 0) is 32.4 Å². The van der Waals surface area contributed by atoms with E-state index in [-0.39, 0.29) is 17.3 Å². The summed E-state index contributed by atoms with van der Waals surface area (Å²) in [5.74, 6) is -1.47. The Hall–Kier alpha value is -1.82. The third kappa shape index (κ3) is 2.11. The van der Waals surface area contributed by atoms with E-state index in [4.69, 9.17) is 10.3 Å². The minimum atomic E-state index is -0.835. The minimum Gasteiger partial charge on any atom is -0.334 e. The first kappa shape index (κ1) is 12.6. The van der Waals surface area contributed by atoms with Crippen molar-refractivity contribution in [3.05, 3.63) is 35.2 Å². The van der Waals surface area contributed by atoms with Crippen molar-refractivity contribution < 1.29 is 13.3 Å². The Balaban J connectivity index is 2.57. The van der Waals surface area contributed by atoms with E-state index in [1.165, 1.54) is 13.0 Å². The SMILES string of the molecule is Cc1ccc(F)c(-c2nc(C(C)(C)N)no2)c1F. The van der Waals surface area contributed by atoms with E-state index in [9.17, 15) is 8.78 Å². The number of nitrogens with zero attached hydrogens (tertiary/aromatic N) is 2. The zero-order valence-corrected chi connectivity index (χ0v) is 10.3. The summed E-state index contributed by atoms with van der Waals surface area (Å²) in [6.45, 7) is 4.87. The van der Waals surface area contributed by atoms with Crippen LogP contribution in [-0.4, -0.2) is 10.1 Å². The van der Waals surface area contributed by atoms with Gasteiger partial charge in [0, 0.05) is 0 Å². The normalized spacial score (nSPS) is 11.9. The van der Waals surface area contributed by atoms with Gasteiger partial charge >= 0.3 is 0 Å². The van der Waals surface area contributed by atoms with Gasteiger partial charge in [-0.1, -0.05) is 11.2 Å². The number of rotatable bonds is 2. The lowest BCUT2D eigenvalue weighted by Gasteiger charge is -2.11. The highest BCUT2D eigenvalue weighted by molar-refractivity contribution is 5.56. The molecule has 1 heterocycles. The van der Waals surface area contributed by atoms with Crippen molar-refractivity contribution in [1.82, 2.24) is 10.1 Å². The fourth-order valence-corrected chi connectivity index (χ4v) is 1.44. The second kappa shape index (κ2) is 4.13. The zero-order chi connectivity index (χ0) is 13.5. The van der Waals surface area contributed by atoms with Crippen molar-refractivity contribution in [2.45, 2.75) is 26.3 Å². The molecule has 0 aliphatic rings. The molecule has 18 heavy (non-hydrogen) atoms. The molecule has 0 saturated heterocycles. The molecule has 0 radical (unpaired) electrons. The molecule has 0 unspecified atom stereocenters. The lowest BCUT2D eigenvalue weighted by molar-refractivity contribution is 0.394. The van der Waals surface area contributed by atoms with E-state index < -0.39 is 17.2 Å². The molecule has 0 amide bonds. The van der Waals surface area contributed by atoms with E-state index >= 15 is 0 Å². The number of benzene rings is 1. The largest absolute Gasteiger partial charge is 0.334 e. The van der Waals surface area contributed by atoms with Gasteiger partial charge in [-0.3, -0.25) is 0 Å². The molecule has 6 heteroatoms. The second-order valence-corrected chi connectivity index (χ2v) is 4.70. The van der Waals surface area contributed by atoms with Crippen LogP contribution in [0, 0.1) is 18.6 Å². The molecular formula is C12H13F2N3O. The van der Waals surface area contributed by atoms with Gasteiger partial charge in [-0.25, -0.2) is 8.78 Å². The molecule has 4 nitrogen and oxygen atoms in total. The molecule has 0 saturated carbocycles. The molecule has 2 N–H and O–H groups in total. The first-order valence-electron chi connectivity index (χ1n) is 5.38.